The third kappa shape index (κ3) is 4.49. The van der Waals surface area contributed by atoms with E-state index < -0.39 is 0 Å². The number of para-hydroxylation sites is 1. The fourth-order valence-corrected chi connectivity index (χ4v) is 2.15. The third-order valence-corrected chi connectivity index (χ3v) is 3.36. The van der Waals surface area contributed by atoms with Crippen molar-refractivity contribution in [1.29, 1.82) is 0 Å². The molecule has 2 aromatic carbocycles. The second-order valence-corrected chi connectivity index (χ2v) is 5.23. The monoisotopic (exact) mass is 328 g/mol. The van der Waals surface area contributed by atoms with Gasteiger partial charge in [0.15, 0.2) is 18.1 Å². The maximum absolute atomic E-state index is 11.8. The molecule has 0 aliphatic rings. The number of hydrogen-bond donors (Lipinski definition) is 2. The topological polar surface area (TPSA) is 80.2 Å². The molecular weight excluding hydrogens is 308 g/mol. The van der Waals surface area contributed by atoms with E-state index in [0.29, 0.717) is 17.1 Å². The number of phenols is 1. The normalized spacial score (nSPS) is 10.6. The van der Waals surface area contributed by atoms with Crippen LogP contribution in [0.15, 0.2) is 41.5 Å². The predicted molar refractivity (Wildman–Crippen MR) is 91.8 cm³/mol. The lowest BCUT2D eigenvalue weighted by atomic mass is 10.1. The van der Waals surface area contributed by atoms with Gasteiger partial charge in [0.2, 0.25) is 0 Å². The molecule has 0 fully saturated rings. The molecule has 0 heterocycles. The summed E-state index contributed by atoms with van der Waals surface area (Å²) in [6.45, 7) is 3.73. The van der Waals surface area contributed by atoms with Crippen LogP contribution >= 0.6 is 0 Å². The van der Waals surface area contributed by atoms with Gasteiger partial charge in [0.1, 0.15) is 5.75 Å². The zero-order valence-electron chi connectivity index (χ0n) is 13.9. The summed E-state index contributed by atoms with van der Waals surface area (Å²) >= 11 is 0. The average Bonchev–Trinajstić information content (AvgIpc) is 2.56. The van der Waals surface area contributed by atoms with Gasteiger partial charge >= 0.3 is 0 Å². The van der Waals surface area contributed by atoms with Crippen LogP contribution in [0, 0.1) is 13.8 Å². The Kier molecular flexibility index (Phi) is 5.78. The molecule has 0 radical (unpaired) electrons. The summed E-state index contributed by atoms with van der Waals surface area (Å²) in [6.07, 6.45) is 1.46. The fraction of sp³-hybridized carbons (Fsp3) is 0.222. The van der Waals surface area contributed by atoms with Crippen molar-refractivity contribution in [2.45, 2.75) is 13.8 Å². The molecule has 126 valence electrons. The van der Waals surface area contributed by atoms with Crippen LogP contribution in [0.1, 0.15) is 16.7 Å². The molecule has 6 nitrogen and oxygen atoms in total. The van der Waals surface area contributed by atoms with Crippen molar-refractivity contribution in [3.8, 4) is 17.2 Å². The maximum atomic E-state index is 11.8. The number of amides is 1. The lowest BCUT2D eigenvalue weighted by Gasteiger charge is -2.10. The maximum Gasteiger partial charge on any atom is 0.277 e. The van der Waals surface area contributed by atoms with Crippen molar-refractivity contribution in [2.24, 2.45) is 5.10 Å². The Morgan fingerprint density at radius 3 is 2.62 bits per heavy atom. The van der Waals surface area contributed by atoms with E-state index in [-0.39, 0.29) is 18.3 Å². The van der Waals surface area contributed by atoms with Crippen LogP contribution in [-0.2, 0) is 4.79 Å². The van der Waals surface area contributed by atoms with E-state index in [0.717, 1.165) is 11.1 Å². The Balaban J connectivity index is 1.89. The van der Waals surface area contributed by atoms with Crippen molar-refractivity contribution < 1.29 is 19.4 Å². The number of hydrazone groups is 1. The van der Waals surface area contributed by atoms with Gasteiger partial charge in [0.05, 0.1) is 13.3 Å². The van der Waals surface area contributed by atoms with E-state index >= 15 is 0 Å². The molecule has 0 unspecified atom stereocenters. The summed E-state index contributed by atoms with van der Waals surface area (Å²) in [5.74, 6) is 0.726. The zero-order chi connectivity index (χ0) is 17.5. The van der Waals surface area contributed by atoms with Crippen LogP contribution in [0.5, 0.6) is 17.2 Å². The minimum absolute atomic E-state index is 0.0423. The number of aryl methyl sites for hydroxylation is 2. The first-order valence-corrected chi connectivity index (χ1v) is 7.39. The van der Waals surface area contributed by atoms with Crippen LogP contribution < -0.4 is 14.9 Å². The average molecular weight is 328 g/mol. The molecule has 0 aromatic heterocycles. The van der Waals surface area contributed by atoms with Gasteiger partial charge in [-0.3, -0.25) is 4.79 Å². The quantitative estimate of drug-likeness (QED) is 0.631. The molecule has 24 heavy (non-hydrogen) atoms. The number of hydrogen-bond acceptors (Lipinski definition) is 5. The van der Waals surface area contributed by atoms with Crippen LogP contribution in [0.3, 0.4) is 0 Å². The highest BCUT2D eigenvalue weighted by molar-refractivity contribution is 5.83. The van der Waals surface area contributed by atoms with E-state index in [1.165, 1.54) is 19.4 Å². The van der Waals surface area contributed by atoms with Gasteiger partial charge in [-0.25, -0.2) is 5.43 Å². The number of ether oxygens (including phenoxy) is 2. The van der Waals surface area contributed by atoms with Crippen molar-refractivity contribution in [3.05, 3.63) is 53.1 Å². The molecule has 6 heteroatoms. The lowest BCUT2D eigenvalue weighted by molar-refractivity contribution is -0.123. The Bertz CT molecular complexity index is 736. The summed E-state index contributed by atoms with van der Waals surface area (Å²) < 4.78 is 10.5. The number of benzene rings is 2. The summed E-state index contributed by atoms with van der Waals surface area (Å²) in [5.41, 5.74) is 5.02. The number of nitrogens with zero attached hydrogens (tertiary/aromatic N) is 1. The Labute approximate surface area is 140 Å². The van der Waals surface area contributed by atoms with Crippen LogP contribution in [0.25, 0.3) is 0 Å². The van der Waals surface area contributed by atoms with Crippen molar-refractivity contribution in [3.63, 3.8) is 0 Å². The van der Waals surface area contributed by atoms with Gasteiger partial charge < -0.3 is 14.6 Å². The van der Waals surface area contributed by atoms with E-state index in [9.17, 15) is 9.90 Å². The highest BCUT2D eigenvalue weighted by atomic mass is 16.5. The van der Waals surface area contributed by atoms with Crippen LogP contribution in [0.4, 0.5) is 0 Å². The largest absolute Gasteiger partial charge is 0.504 e. The number of carbonyl (C=O) groups is 1. The number of carbonyl (C=O) groups excluding carboxylic acids is 1. The second kappa shape index (κ2) is 8.01. The lowest BCUT2D eigenvalue weighted by Crippen LogP contribution is -2.25. The molecule has 0 saturated heterocycles. The highest BCUT2D eigenvalue weighted by Crippen LogP contribution is 2.25. The summed E-state index contributed by atoms with van der Waals surface area (Å²) in [7, 11) is 1.46. The summed E-state index contributed by atoms with van der Waals surface area (Å²) in [5, 5.41) is 13.4. The number of aromatic hydroxyl groups is 1. The number of nitrogens with one attached hydrogen (secondary N) is 1. The third-order valence-electron chi connectivity index (χ3n) is 3.36. The number of rotatable bonds is 6. The molecule has 1 amide bonds. The fourth-order valence-electron chi connectivity index (χ4n) is 2.15. The van der Waals surface area contributed by atoms with Gasteiger partial charge in [-0.1, -0.05) is 18.2 Å². The minimum Gasteiger partial charge on any atom is -0.504 e. The molecule has 0 atom stereocenters. The van der Waals surface area contributed by atoms with Gasteiger partial charge in [-0.2, -0.15) is 5.10 Å². The highest BCUT2D eigenvalue weighted by Gasteiger charge is 2.06. The van der Waals surface area contributed by atoms with Gasteiger partial charge in [0.25, 0.3) is 5.91 Å². The van der Waals surface area contributed by atoms with E-state index in [4.69, 9.17) is 9.47 Å². The van der Waals surface area contributed by atoms with Crippen LogP contribution in [0.2, 0.25) is 0 Å². The molecule has 0 saturated carbocycles. The van der Waals surface area contributed by atoms with Crippen molar-refractivity contribution in [2.75, 3.05) is 13.7 Å². The molecule has 0 aliphatic carbocycles. The minimum atomic E-state index is -0.361. The van der Waals surface area contributed by atoms with Crippen LogP contribution in [-0.4, -0.2) is 30.9 Å². The SMILES string of the molecule is COc1cc(C=NNC(=O)COc2c(C)cccc2C)ccc1O. The van der Waals surface area contributed by atoms with Crippen molar-refractivity contribution in [1.82, 2.24) is 5.43 Å². The summed E-state index contributed by atoms with van der Waals surface area (Å²) in [4.78, 5) is 11.8. The Morgan fingerprint density at radius 1 is 1.25 bits per heavy atom. The van der Waals surface area contributed by atoms with Gasteiger partial charge in [0, 0.05) is 0 Å². The zero-order valence-corrected chi connectivity index (χ0v) is 13.9. The van der Waals surface area contributed by atoms with E-state index in [2.05, 4.69) is 10.5 Å². The molecule has 2 rings (SSSR count). The molecule has 0 bridgehead atoms. The smallest absolute Gasteiger partial charge is 0.277 e. The molecule has 0 spiro atoms. The Morgan fingerprint density at radius 2 is 1.96 bits per heavy atom. The second-order valence-electron chi connectivity index (χ2n) is 5.23. The van der Waals surface area contributed by atoms with E-state index in [1.54, 1.807) is 12.1 Å². The Hall–Kier alpha value is -3.02. The number of phenolic OH excluding ortho intramolecular Hbond substituents is 1. The predicted octanol–water partition coefficient (Wildman–Crippen LogP) is 2.55. The van der Waals surface area contributed by atoms with Gasteiger partial charge in [-0.15, -0.1) is 0 Å². The first-order valence-electron chi connectivity index (χ1n) is 7.39. The number of methoxy groups -OCH3 is 1. The van der Waals surface area contributed by atoms with Crippen molar-refractivity contribution >= 4 is 12.1 Å². The summed E-state index contributed by atoms with van der Waals surface area (Å²) in [6, 6.07) is 10.5. The standard InChI is InChI=1S/C18H20N2O4/c1-12-5-4-6-13(2)18(12)24-11-17(22)20-19-10-14-7-8-15(21)16(9-14)23-3/h4-10,21H,11H2,1-3H3,(H,20,22). The van der Waals surface area contributed by atoms with Gasteiger partial charge in [-0.05, 0) is 48.7 Å². The molecule has 2 N–H and O–H groups in total. The van der Waals surface area contributed by atoms with E-state index in [1.807, 2.05) is 32.0 Å². The molecular formula is C18H20N2O4. The molecule has 0 aliphatic heterocycles. The first-order chi connectivity index (χ1) is 11.5. The first kappa shape index (κ1) is 17.3. The molecule has 2 aromatic rings.